The number of nitrogens with one attached hydrogen (secondary N) is 3. The number of aliphatic hydroxyl groups is 1. The highest BCUT2D eigenvalue weighted by atomic mass is 16.2. The van der Waals surface area contributed by atoms with Gasteiger partial charge < -0.3 is 26.8 Å². The molecule has 1 rings (SSSR count). The van der Waals surface area contributed by atoms with E-state index in [0.29, 0.717) is 18.1 Å². The molecule has 1 aromatic rings. The molecule has 0 unspecified atom stereocenters. The Morgan fingerprint density at radius 3 is 2.83 bits per heavy atom. The van der Waals surface area contributed by atoms with Crippen LogP contribution in [0.15, 0.2) is 30.7 Å². The second kappa shape index (κ2) is 12.4. The maximum atomic E-state index is 8.90. The largest absolute Gasteiger partial charge is 0.396 e. The predicted octanol–water partition coefficient (Wildman–Crippen LogP) is 2.51. The summed E-state index contributed by atoms with van der Waals surface area (Å²) in [5, 5.41) is 18.7. The number of hydrogen-bond acceptors (Lipinski definition) is 6. The Balaban J connectivity index is 2.60. The summed E-state index contributed by atoms with van der Waals surface area (Å²) in [6.07, 6.45) is 9.71. The molecule has 1 heterocycles. The lowest BCUT2D eigenvalue weighted by Gasteiger charge is -2.12. The second-order valence-electron chi connectivity index (χ2n) is 5.61. The van der Waals surface area contributed by atoms with Gasteiger partial charge in [0.05, 0.1) is 5.82 Å². The maximum Gasteiger partial charge on any atom is 0.133 e. The zero-order valence-corrected chi connectivity index (χ0v) is 14.6. The number of anilines is 2. The van der Waals surface area contributed by atoms with Gasteiger partial charge in [-0.15, -0.1) is 0 Å². The quantitative estimate of drug-likeness (QED) is 0.356. The van der Waals surface area contributed by atoms with Gasteiger partial charge in [0, 0.05) is 36.7 Å². The van der Waals surface area contributed by atoms with Crippen molar-refractivity contribution in [2.75, 3.05) is 36.9 Å². The molecular weight excluding hydrogens is 302 g/mol. The van der Waals surface area contributed by atoms with E-state index < -0.39 is 0 Å². The van der Waals surface area contributed by atoms with Crippen molar-refractivity contribution in [3.05, 3.63) is 36.3 Å². The second-order valence-corrected chi connectivity index (χ2v) is 5.61. The monoisotopic (exact) mass is 333 g/mol. The fourth-order valence-corrected chi connectivity index (χ4v) is 2.17. The lowest BCUT2D eigenvalue weighted by molar-refractivity contribution is 0.303. The summed E-state index contributed by atoms with van der Waals surface area (Å²) in [6, 6.07) is 1.92. The highest BCUT2D eigenvalue weighted by Crippen LogP contribution is 2.21. The molecule has 0 amide bonds. The van der Waals surface area contributed by atoms with Gasteiger partial charge in [-0.1, -0.05) is 25.7 Å². The SMILES string of the molecule is C=C(N)Nc1cc(NCCCCNCCC)c(/C=C/CCO)cn1. The van der Waals surface area contributed by atoms with Crippen LogP contribution in [0.25, 0.3) is 6.08 Å². The average molecular weight is 333 g/mol. The Bertz CT molecular complexity index is 516. The molecule has 0 saturated heterocycles. The number of nitrogens with two attached hydrogens (primary N) is 1. The van der Waals surface area contributed by atoms with Crippen LogP contribution in [0.1, 0.15) is 38.2 Å². The average Bonchev–Trinajstić information content (AvgIpc) is 2.55. The van der Waals surface area contributed by atoms with E-state index >= 15 is 0 Å². The summed E-state index contributed by atoms with van der Waals surface area (Å²) >= 11 is 0. The molecule has 0 spiro atoms. The number of pyridine rings is 1. The Morgan fingerprint density at radius 1 is 1.33 bits per heavy atom. The minimum absolute atomic E-state index is 0.143. The molecule has 6 heteroatoms. The predicted molar refractivity (Wildman–Crippen MR) is 103 cm³/mol. The van der Waals surface area contributed by atoms with Crippen molar-refractivity contribution in [2.45, 2.75) is 32.6 Å². The number of unbranched alkanes of at least 4 members (excludes halogenated alkanes) is 1. The molecule has 0 fully saturated rings. The third kappa shape index (κ3) is 8.55. The molecule has 1 aromatic heterocycles. The zero-order valence-electron chi connectivity index (χ0n) is 14.6. The number of rotatable bonds is 13. The standard InChI is InChI=1S/C18H31N5O/c1-3-9-20-10-5-6-11-21-17-13-18(23-15(2)19)22-14-16(17)8-4-7-12-24/h4,8,13-14,20,24H,2-3,5-7,9-12,19H2,1H3,(H2,21,22,23)/b8-4+. The van der Waals surface area contributed by atoms with Gasteiger partial charge in [0.15, 0.2) is 0 Å². The summed E-state index contributed by atoms with van der Waals surface area (Å²) in [4.78, 5) is 4.32. The Labute approximate surface area is 145 Å². The Hall–Kier alpha value is -2.05. The fraction of sp³-hybridized carbons (Fsp3) is 0.500. The number of aromatic nitrogens is 1. The van der Waals surface area contributed by atoms with Crippen LogP contribution in [0.3, 0.4) is 0 Å². The topological polar surface area (TPSA) is 95.2 Å². The number of nitrogens with zero attached hydrogens (tertiary/aromatic N) is 1. The molecule has 24 heavy (non-hydrogen) atoms. The van der Waals surface area contributed by atoms with Crippen LogP contribution in [0.4, 0.5) is 11.5 Å². The highest BCUT2D eigenvalue weighted by molar-refractivity contribution is 5.69. The molecule has 0 aliphatic rings. The first kappa shape index (κ1) is 20.0. The first-order valence-electron chi connectivity index (χ1n) is 8.60. The molecule has 0 aliphatic carbocycles. The van der Waals surface area contributed by atoms with E-state index in [-0.39, 0.29) is 6.61 Å². The molecule has 6 N–H and O–H groups in total. The molecule has 134 valence electrons. The highest BCUT2D eigenvalue weighted by Gasteiger charge is 2.03. The van der Waals surface area contributed by atoms with Crippen molar-refractivity contribution >= 4 is 17.6 Å². The third-order valence-corrected chi connectivity index (χ3v) is 3.34. The first-order valence-corrected chi connectivity index (χ1v) is 8.60. The van der Waals surface area contributed by atoms with Gasteiger partial charge in [-0.25, -0.2) is 4.98 Å². The van der Waals surface area contributed by atoms with Crippen molar-refractivity contribution in [1.82, 2.24) is 10.3 Å². The molecule has 0 aromatic carbocycles. The lowest BCUT2D eigenvalue weighted by atomic mass is 10.2. The molecule has 0 atom stereocenters. The third-order valence-electron chi connectivity index (χ3n) is 3.34. The number of aliphatic hydroxyl groups excluding tert-OH is 1. The van der Waals surface area contributed by atoms with Crippen molar-refractivity contribution in [3.63, 3.8) is 0 Å². The van der Waals surface area contributed by atoms with E-state index in [4.69, 9.17) is 10.8 Å². The van der Waals surface area contributed by atoms with Crippen LogP contribution in [0.5, 0.6) is 0 Å². The van der Waals surface area contributed by atoms with Crippen LogP contribution in [0, 0.1) is 0 Å². The van der Waals surface area contributed by atoms with Gasteiger partial charge >= 0.3 is 0 Å². The molecule has 6 nitrogen and oxygen atoms in total. The molecule has 0 radical (unpaired) electrons. The van der Waals surface area contributed by atoms with Crippen LogP contribution < -0.4 is 21.7 Å². The molecule has 0 aliphatic heterocycles. The summed E-state index contributed by atoms with van der Waals surface area (Å²) < 4.78 is 0. The normalized spacial score (nSPS) is 10.9. The summed E-state index contributed by atoms with van der Waals surface area (Å²) in [5.41, 5.74) is 7.55. The van der Waals surface area contributed by atoms with E-state index in [2.05, 4.69) is 34.4 Å². The Morgan fingerprint density at radius 2 is 2.12 bits per heavy atom. The van der Waals surface area contributed by atoms with Crippen molar-refractivity contribution < 1.29 is 5.11 Å². The van der Waals surface area contributed by atoms with Crippen molar-refractivity contribution in [2.24, 2.45) is 5.73 Å². The van der Waals surface area contributed by atoms with Gasteiger partial charge in [0.1, 0.15) is 5.82 Å². The zero-order chi connectivity index (χ0) is 17.6. The van der Waals surface area contributed by atoms with E-state index in [9.17, 15) is 0 Å². The molecular formula is C18H31N5O. The van der Waals surface area contributed by atoms with Gasteiger partial charge in [-0.05, 0) is 38.8 Å². The molecule has 0 bridgehead atoms. The van der Waals surface area contributed by atoms with Crippen molar-refractivity contribution in [3.8, 4) is 0 Å². The van der Waals surface area contributed by atoms with Gasteiger partial charge in [0.25, 0.3) is 0 Å². The fourth-order valence-electron chi connectivity index (χ4n) is 2.17. The number of hydrogen-bond donors (Lipinski definition) is 5. The van der Waals surface area contributed by atoms with Gasteiger partial charge in [-0.3, -0.25) is 0 Å². The van der Waals surface area contributed by atoms with Crippen LogP contribution in [-0.2, 0) is 0 Å². The molecule has 0 saturated carbocycles. The summed E-state index contributed by atoms with van der Waals surface area (Å²) in [7, 11) is 0. The first-order chi connectivity index (χ1) is 11.7. The van der Waals surface area contributed by atoms with Crippen molar-refractivity contribution in [1.29, 1.82) is 0 Å². The lowest BCUT2D eigenvalue weighted by Crippen LogP contribution is -2.17. The maximum absolute atomic E-state index is 8.90. The van der Waals surface area contributed by atoms with Gasteiger partial charge in [-0.2, -0.15) is 0 Å². The summed E-state index contributed by atoms with van der Waals surface area (Å²) in [5.74, 6) is 1.02. The van der Waals surface area contributed by atoms with Crippen LogP contribution in [0.2, 0.25) is 0 Å². The van der Waals surface area contributed by atoms with E-state index in [1.54, 1.807) is 6.20 Å². The van der Waals surface area contributed by atoms with Crippen LogP contribution in [-0.4, -0.2) is 36.3 Å². The van der Waals surface area contributed by atoms with Crippen LogP contribution >= 0.6 is 0 Å². The smallest absolute Gasteiger partial charge is 0.133 e. The summed E-state index contributed by atoms with van der Waals surface area (Å²) in [6.45, 7) is 8.97. The van der Waals surface area contributed by atoms with E-state index in [1.165, 1.54) is 6.42 Å². The Kier molecular flexibility index (Phi) is 10.3. The minimum Gasteiger partial charge on any atom is -0.396 e. The van der Waals surface area contributed by atoms with Gasteiger partial charge in [0.2, 0.25) is 0 Å². The van der Waals surface area contributed by atoms with E-state index in [1.807, 2.05) is 18.2 Å². The van der Waals surface area contributed by atoms with E-state index in [0.717, 1.165) is 43.7 Å². The minimum atomic E-state index is 0.143.